The molecule has 5 aromatic rings. The number of aromatic amines is 1. The molecule has 3 aromatic heterocycles. The van der Waals surface area contributed by atoms with Gasteiger partial charge in [-0.1, -0.05) is 30.3 Å². The molecule has 2 N–H and O–H groups in total. The van der Waals surface area contributed by atoms with E-state index >= 15 is 0 Å². The standard InChI is InChI=1S/C24H17FN4O4S/c1-2-33-24(32)20-15-12-34-22(27-21(30)14-11-26-17-9-5-3-7-13(14)17)19(15)23(31)29(28-20)18-10-6-4-8-16(18)25/h3-12,26H,2H2,1H3,(H,27,30). The molecule has 0 spiro atoms. The van der Waals surface area contributed by atoms with Crippen LogP contribution in [0.1, 0.15) is 27.8 Å². The summed E-state index contributed by atoms with van der Waals surface area (Å²) < 4.78 is 20.4. The first kappa shape index (κ1) is 21.5. The Kier molecular flexibility index (Phi) is 5.42. The van der Waals surface area contributed by atoms with Gasteiger partial charge in [-0.3, -0.25) is 9.59 Å². The average Bonchev–Trinajstić information content (AvgIpc) is 3.45. The first-order valence-corrected chi connectivity index (χ1v) is 11.2. The fourth-order valence-corrected chi connectivity index (χ4v) is 4.64. The van der Waals surface area contributed by atoms with Gasteiger partial charge in [0.2, 0.25) is 0 Å². The van der Waals surface area contributed by atoms with E-state index in [1.54, 1.807) is 30.6 Å². The Morgan fingerprint density at radius 3 is 2.71 bits per heavy atom. The number of benzene rings is 2. The number of halogens is 1. The summed E-state index contributed by atoms with van der Waals surface area (Å²) in [4.78, 5) is 42.1. The van der Waals surface area contributed by atoms with Crippen LogP contribution in [0.3, 0.4) is 0 Å². The highest BCUT2D eigenvalue weighted by Crippen LogP contribution is 2.31. The number of rotatable bonds is 5. The summed E-state index contributed by atoms with van der Waals surface area (Å²) in [5, 5.41) is 9.62. The molecule has 0 saturated carbocycles. The van der Waals surface area contributed by atoms with Gasteiger partial charge in [0.25, 0.3) is 11.5 Å². The number of anilines is 1. The van der Waals surface area contributed by atoms with Crippen LogP contribution in [0.4, 0.5) is 9.39 Å². The van der Waals surface area contributed by atoms with Crippen molar-refractivity contribution in [1.29, 1.82) is 0 Å². The molecule has 2 aromatic carbocycles. The lowest BCUT2D eigenvalue weighted by atomic mass is 10.1. The molecule has 3 heterocycles. The van der Waals surface area contributed by atoms with E-state index in [0.717, 1.165) is 26.9 Å². The van der Waals surface area contributed by atoms with Gasteiger partial charge in [0.15, 0.2) is 5.69 Å². The van der Waals surface area contributed by atoms with Crippen molar-refractivity contribution in [2.45, 2.75) is 6.92 Å². The normalized spacial score (nSPS) is 11.1. The van der Waals surface area contributed by atoms with E-state index < -0.39 is 23.3 Å². The van der Waals surface area contributed by atoms with Crippen LogP contribution in [-0.2, 0) is 4.74 Å². The Hall–Kier alpha value is -4.31. The van der Waals surface area contributed by atoms with E-state index in [2.05, 4.69) is 15.4 Å². The van der Waals surface area contributed by atoms with Crippen LogP contribution >= 0.6 is 11.3 Å². The number of nitrogens with one attached hydrogen (secondary N) is 2. The van der Waals surface area contributed by atoms with Gasteiger partial charge in [0, 0.05) is 27.9 Å². The fraction of sp³-hybridized carbons (Fsp3) is 0.0833. The second-order valence-electron chi connectivity index (χ2n) is 7.29. The first-order chi connectivity index (χ1) is 16.5. The molecular weight excluding hydrogens is 459 g/mol. The number of nitrogens with zero attached hydrogens (tertiary/aromatic N) is 2. The summed E-state index contributed by atoms with van der Waals surface area (Å²) in [6, 6.07) is 12.9. The highest BCUT2D eigenvalue weighted by Gasteiger charge is 2.24. The lowest BCUT2D eigenvalue weighted by Gasteiger charge is -2.10. The third-order valence-corrected chi connectivity index (χ3v) is 6.16. The van der Waals surface area contributed by atoms with Gasteiger partial charge in [-0.25, -0.2) is 9.18 Å². The van der Waals surface area contributed by atoms with Crippen LogP contribution in [0.25, 0.3) is 27.4 Å². The van der Waals surface area contributed by atoms with Crippen LogP contribution < -0.4 is 10.9 Å². The molecule has 170 valence electrons. The van der Waals surface area contributed by atoms with Crippen LogP contribution in [-0.4, -0.2) is 33.2 Å². The smallest absolute Gasteiger partial charge is 0.359 e. The number of amides is 1. The number of fused-ring (bicyclic) bond motifs is 2. The van der Waals surface area contributed by atoms with Gasteiger partial charge in [-0.05, 0) is 25.1 Å². The lowest BCUT2D eigenvalue weighted by molar-refractivity contribution is 0.0519. The van der Waals surface area contributed by atoms with E-state index in [1.165, 1.54) is 18.2 Å². The van der Waals surface area contributed by atoms with Crippen molar-refractivity contribution >= 4 is 49.9 Å². The zero-order valence-corrected chi connectivity index (χ0v) is 18.6. The molecule has 0 bridgehead atoms. The van der Waals surface area contributed by atoms with E-state index in [1.807, 2.05) is 18.2 Å². The number of hydrogen-bond acceptors (Lipinski definition) is 6. The molecule has 0 atom stereocenters. The summed E-state index contributed by atoms with van der Waals surface area (Å²) in [5.74, 6) is -1.89. The maximum Gasteiger partial charge on any atom is 0.359 e. The van der Waals surface area contributed by atoms with E-state index in [9.17, 15) is 18.8 Å². The summed E-state index contributed by atoms with van der Waals surface area (Å²) in [6.45, 7) is 1.73. The van der Waals surface area contributed by atoms with Gasteiger partial charge in [0.1, 0.15) is 16.5 Å². The SMILES string of the molecule is CCOC(=O)c1nn(-c2ccccc2F)c(=O)c2c(NC(=O)c3c[nH]c4ccccc34)scc12. The lowest BCUT2D eigenvalue weighted by Crippen LogP contribution is -2.26. The van der Waals surface area contributed by atoms with Crippen molar-refractivity contribution in [3.05, 3.63) is 87.5 Å². The van der Waals surface area contributed by atoms with Gasteiger partial charge < -0.3 is 15.0 Å². The molecule has 34 heavy (non-hydrogen) atoms. The van der Waals surface area contributed by atoms with E-state index in [4.69, 9.17) is 4.74 Å². The number of hydrogen-bond donors (Lipinski definition) is 2. The third-order valence-electron chi connectivity index (χ3n) is 5.26. The Bertz CT molecular complexity index is 1640. The van der Waals surface area contributed by atoms with Crippen molar-refractivity contribution < 1.29 is 18.7 Å². The number of carbonyl (C=O) groups excluding carboxylic acids is 2. The molecule has 8 nitrogen and oxygen atoms in total. The van der Waals surface area contributed by atoms with Gasteiger partial charge in [0.05, 0.1) is 17.6 Å². The zero-order valence-electron chi connectivity index (χ0n) is 17.8. The average molecular weight is 476 g/mol. The number of ether oxygens (including phenoxy) is 1. The quantitative estimate of drug-likeness (QED) is 0.364. The summed E-state index contributed by atoms with van der Waals surface area (Å²) >= 11 is 1.07. The second-order valence-corrected chi connectivity index (χ2v) is 8.17. The molecule has 0 fully saturated rings. The molecule has 0 aliphatic rings. The summed E-state index contributed by atoms with van der Waals surface area (Å²) in [5.41, 5.74) is 0.234. The second kappa shape index (κ2) is 8.56. The number of carbonyl (C=O) groups is 2. The molecule has 0 radical (unpaired) electrons. The van der Waals surface area contributed by atoms with Crippen molar-refractivity contribution in [3.8, 4) is 5.69 Å². The van der Waals surface area contributed by atoms with Crippen LogP contribution in [0, 0.1) is 5.82 Å². The highest BCUT2D eigenvalue weighted by atomic mass is 32.1. The maximum absolute atomic E-state index is 14.5. The number of aromatic nitrogens is 3. The largest absolute Gasteiger partial charge is 0.461 e. The minimum Gasteiger partial charge on any atom is -0.461 e. The zero-order chi connectivity index (χ0) is 23.8. The van der Waals surface area contributed by atoms with Crippen molar-refractivity contribution in [2.75, 3.05) is 11.9 Å². The third kappa shape index (κ3) is 3.54. The Morgan fingerprint density at radius 1 is 1.15 bits per heavy atom. The molecule has 0 unspecified atom stereocenters. The molecule has 10 heteroatoms. The number of H-pyrrole nitrogens is 1. The van der Waals surface area contributed by atoms with Gasteiger partial charge in [-0.2, -0.15) is 9.78 Å². The van der Waals surface area contributed by atoms with Crippen molar-refractivity contribution in [3.63, 3.8) is 0 Å². The minimum absolute atomic E-state index is 0.0412. The molecule has 0 saturated heterocycles. The monoisotopic (exact) mass is 476 g/mol. The van der Waals surface area contributed by atoms with Gasteiger partial charge >= 0.3 is 5.97 Å². The van der Waals surface area contributed by atoms with Crippen molar-refractivity contribution in [1.82, 2.24) is 14.8 Å². The Balaban J connectivity index is 1.68. The molecule has 1 amide bonds. The number of esters is 1. The van der Waals surface area contributed by atoms with Crippen LogP contribution in [0.2, 0.25) is 0 Å². The maximum atomic E-state index is 14.5. The Morgan fingerprint density at radius 2 is 1.91 bits per heavy atom. The Labute approximate surface area is 195 Å². The topological polar surface area (TPSA) is 106 Å². The van der Waals surface area contributed by atoms with Crippen molar-refractivity contribution in [2.24, 2.45) is 0 Å². The molecule has 5 rings (SSSR count). The summed E-state index contributed by atoms with van der Waals surface area (Å²) in [6.07, 6.45) is 1.58. The first-order valence-electron chi connectivity index (χ1n) is 10.3. The fourth-order valence-electron chi connectivity index (χ4n) is 3.71. The predicted molar refractivity (Wildman–Crippen MR) is 127 cm³/mol. The molecule has 0 aliphatic carbocycles. The molecular formula is C24H17FN4O4S. The minimum atomic E-state index is -0.759. The number of para-hydroxylation sites is 2. The predicted octanol–water partition coefficient (Wildman–Crippen LogP) is 4.50. The number of thiophene rings is 1. The van der Waals surface area contributed by atoms with Gasteiger partial charge in [-0.15, -0.1) is 11.3 Å². The van der Waals surface area contributed by atoms with Crippen LogP contribution in [0.15, 0.2) is 64.9 Å². The van der Waals surface area contributed by atoms with E-state index in [0.29, 0.717) is 5.56 Å². The summed E-state index contributed by atoms with van der Waals surface area (Å²) in [7, 11) is 0. The highest BCUT2D eigenvalue weighted by molar-refractivity contribution is 7.16. The van der Waals surface area contributed by atoms with Crippen LogP contribution in [0.5, 0.6) is 0 Å². The van der Waals surface area contributed by atoms with E-state index in [-0.39, 0.29) is 33.8 Å². The molecule has 0 aliphatic heterocycles.